The molecule has 0 amide bonds. The van der Waals surface area contributed by atoms with Crippen LogP contribution in [0.2, 0.25) is 0 Å². The Morgan fingerprint density at radius 1 is 0.839 bits per heavy atom. The van der Waals surface area contributed by atoms with Gasteiger partial charge in [0.25, 0.3) is 0 Å². The standard InChI is InChI=1S/C23H44N2O4S2/c1-21(2,3)11-9-19(26)28-15-23(17-30-31-18-23)16-29-20(27)10-14-24-12-7-8-13-25-22(4,5)6/h24-25H,7-18H2,1-6H3. The first-order valence-electron chi connectivity index (χ1n) is 11.4. The van der Waals surface area contributed by atoms with Gasteiger partial charge in [0.15, 0.2) is 0 Å². The zero-order valence-electron chi connectivity index (χ0n) is 20.4. The molecular formula is C23H44N2O4S2. The molecule has 0 aliphatic carbocycles. The number of carbonyl (C=O) groups excluding carboxylic acids is 2. The minimum Gasteiger partial charge on any atom is -0.465 e. The van der Waals surface area contributed by atoms with Crippen LogP contribution in [0.15, 0.2) is 0 Å². The Balaban J connectivity index is 2.18. The molecule has 1 fully saturated rings. The van der Waals surface area contributed by atoms with E-state index in [-0.39, 0.29) is 28.3 Å². The topological polar surface area (TPSA) is 76.7 Å². The second kappa shape index (κ2) is 14.0. The number of rotatable bonds is 14. The monoisotopic (exact) mass is 476 g/mol. The summed E-state index contributed by atoms with van der Waals surface area (Å²) in [5.41, 5.74) is 0.00809. The van der Waals surface area contributed by atoms with Gasteiger partial charge in [-0.05, 0) is 58.5 Å². The van der Waals surface area contributed by atoms with Crippen LogP contribution in [0.1, 0.15) is 73.6 Å². The minimum atomic E-state index is -0.268. The first-order chi connectivity index (χ1) is 14.4. The maximum atomic E-state index is 12.1. The molecule has 0 atom stereocenters. The summed E-state index contributed by atoms with van der Waals surface area (Å²) in [5.74, 6) is 1.31. The van der Waals surface area contributed by atoms with Crippen LogP contribution < -0.4 is 10.6 Å². The summed E-state index contributed by atoms with van der Waals surface area (Å²) in [5, 5.41) is 6.78. The molecule has 8 heteroatoms. The van der Waals surface area contributed by atoms with E-state index in [0.717, 1.165) is 43.9 Å². The number of hydrogen-bond donors (Lipinski definition) is 2. The van der Waals surface area contributed by atoms with Crippen LogP contribution >= 0.6 is 21.6 Å². The van der Waals surface area contributed by atoms with Crippen LogP contribution in [-0.4, -0.2) is 61.8 Å². The smallest absolute Gasteiger partial charge is 0.307 e. The summed E-state index contributed by atoms with van der Waals surface area (Å²) in [6, 6.07) is 0. The van der Waals surface area contributed by atoms with Crippen molar-refractivity contribution in [1.82, 2.24) is 10.6 Å². The molecule has 0 radical (unpaired) electrons. The highest BCUT2D eigenvalue weighted by Gasteiger charge is 2.38. The Labute approximate surface area is 197 Å². The van der Waals surface area contributed by atoms with E-state index in [1.807, 2.05) is 0 Å². The van der Waals surface area contributed by atoms with Crippen molar-refractivity contribution in [2.45, 2.75) is 79.2 Å². The first kappa shape index (κ1) is 28.6. The van der Waals surface area contributed by atoms with E-state index in [0.29, 0.717) is 32.6 Å². The van der Waals surface area contributed by atoms with E-state index in [2.05, 4.69) is 52.2 Å². The van der Waals surface area contributed by atoms with Crippen molar-refractivity contribution >= 4 is 33.5 Å². The number of unbranched alkanes of at least 4 members (excludes halogenated alkanes) is 1. The fourth-order valence-corrected chi connectivity index (χ4v) is 6.16. The van der Waals surface area contributed by atoms with E-state index < -0.39 is 0 Å². The Morgan fingerprint density at radius 3 is 1.94 bits per heavy atom. The fourth-order valence-electron chi connectivity index (χ4n) is 2.83. The summed E-state index contributed by atoms with van der Waals surface area (Å²) >= 11 is 0. The molecule has 0 bridgehead atoms. The van der Waals surface area contributed by atoms with Crippen LogP contribution in [-0.2, 0) is 19.1 Å². The molecule has 1 aliphatic rings. The average molecular weight is 477 g/mol. The Kier molecular flexibility index (Phi) is 12.9. The van der Waals surface area contributed by atoms with E-state index in [1.165, 1.54) is 0 Å². The number of carbonyl (C=O) groups is 2. The molecule has 1 saturated heterocycles. The second-order valence-corrected chi connectivity index (χ2v) is 13.3. The summed E-state index contributed by atoms with van der Waals surface area (Å²) in [6.07, 6.45) is 3.79. The Morgan fingerprint density at radius 2 is 1.39 bits per heavy atom. The minimum absolute atomic E-state index is 0.114. The van der Waals surface area contributed by atoms with Gasteiger partial charge in [-0.25, -0.2) is 0 Å². The first-order valence-corrected chi connectivity index (χ1v) is 13.9. The molecule has 1 heterocycles. The third kappa shape index (κ3) is 15.1. The van der Waals surface area contributed by atoms with Crippen LogP contribution in [0.3, 0.4) is 0 Å². The van der Waals surface area contributed by atoms with Gasteiger partial charge >= 0.3 is 11.9 Å². The number of ether oxygens (including phenoxy) is 2. The molecule has 0 aromatic rings. The maximum absolute atomic E-state index is 12.1. The van der Waals surface area contributed by atoms with Crippen molar-refractivity contribution in [1.29, 1.82) is 0 Å². The SMILES string of the molecule is CC(C)(C)CCC(=O)OCC1(COC(=O)CCNCCCCNC(C)(C)C)CSSC1. The van der Waals surface area contributed by atoms with Gasteiger partial charge in [0.05, 0.1) is 11.8 Å². The van der Waals surface area contributed by atoms with Gasteiger partial charge in [0, 0.05) is 30.0 Å². The molecule has 182 valence electrons. The summed E-state index contributed by atoms with van der Waals surface area (Å²) in [4.78, 5) is 24.2. The predicted octanol–water partition coefficient (Wildman–Crippen LogP) is 4.43. The molecule has 0 unspecified atom stereocenters. The van der Waals surface area contributed by atoms with Crippen molar-refractivity contribution in [3.8, 4) is 0 Å². The lowest BCUT2D eigenvalue weighted by Crippen LogP contribution is -2.37. The van der Waals surface area contributed by atoms with Gasteiger partial charge in [-0.2, -0.15) is 0 Å². The highest BCUT2D eigenvalue weighted by atomic mass is 33.1. The molecule has 0 aromatic heterocycles. The fraction of sp³-hybridized carbons (Fsp3) is 0.913. The number of hydrogen-bond acceptors (Lipinski definition) is 8. The van der Waals surface area contributed by atoms with E-state index in [1.54, 1.807) is 21.6 Å². The van der Waals surface area contributed by atoms with Crippen LogP contribution in [0, 0.1) is 10.8 Å². The lowest BCUT2D eigenvalue weighted by molar-refractivity contribution is -0.152. The van der Waals surface area contributed by atoms with Crippen LogP contribution in [0.5, 0.6) is 0 Å². The molecule has 0 saturated carbocycles. The second-order valence-electron chi connectivity index (χ2n) is 10.8. The molecular weight excluding hydrogens is 432 g/mol. The molecule has 6 nitrogen and oxygen atoms in total. The van der Waals surface area contributed by atoms with Crippen molar-refractivity contribution in [3.05, 3.63) is 0 Å². The van der Waals surface area contributed by atoms with Gasteiger partial charge in [-0.1, -0.05) is 42.4 Å². The molecule has 2 N–H and O–H groups in total. The Hall–Kier alpha value is -0.440. The lowest BCUT2D eigenvalue weighted by Gasteiger charge is -2.26. The van der Waals surface area contributed by atoms with Crippen molar-refractivity contribution in [2.75, 3.05) is 44.4 Å². The molecule has 1 rings (SSSR count). The highest BCUT2D eigenvalue weighted by molar-refractivity contribution is 8.77. The zero-order chi connectivity index (χ0) is 23.4. The number of esters is 2. The van der Waals surface area contributed by atoms with Gasteiger partial charge in [-0.15, -0.1) is 0 Å². The lowest BCUT2D eigenvalue weighted by atomic mass is 9.90. The molecule has 1 aliphatic heterocycles. The van der Waals surface area contributed by atoms with E-state index in [4.69, 9.17) is 9.47 Å². The van der Waals surface area contributed by atoms with Gasteiger partial charge in [-0.3, -0.25) is 9.59 Å². The summed E-state index contributed by atoms with van der Waals surface area (Å²) in [7, 11) is 3.50. The van der Waals surface area contributed by atoms with Gasteiger partial charge in [0.2, 0.25) is 0 Å². The van der Waals surface area contributed by atoms with E-state index in [9.17, 15) is 9.59 Å². The van der Waals surface area contributed by atoms with Crippen LogP contribution in [0.4, 0.5) is 0 Å². The number of nitrogens with one attached hydrogen (secondary N) is 2. The summed E-state index contributed by atoms with van der Waals surface area (Å²) in [6.45, 7) is 16.0. The van der Waals surface area contributed by atoms with Gasteiger partial charge < -0.3 is 20.1 Å². The van der Waals surface area contributed by atoms with Crippen molar-refractivity contribution in [3.63, 3.8) is 0 Å². The predicted molar refractivity (Wildman–Crippen MR) is 132 cm³/mol. The third-order valence-corrected chi connectivity index (χ3v) is 7.75. The zero-order valence-corrected chi connectivity index (χ0v) is 22.1. The quantitative estimate of drug-likeness (QED) is 0.217. The Bertz CT molecular complexity index is 539. The highest BCUT2D eigenvalue weighted by Crippen LogP contribution is 2.43. The van der Waals surface area contributed by atoms with Gasteiger partial charge in [0.1, 0.15) is 13.2 Å². The molecule has 31 heavy (non-hydrogen) atoms. The molecule has 0 spiro atoms. The largest absolute Gasteiger partial charge is 0.465 e. The third-order valence-electron chi connectivity index (χ3n) is 4.91. The molecule has 0 aromatic carbocycles. The average Bonchev–Trinajstić information content (AvgIpc) is 3.13. The normalized spacial score (nSPS) is 16.3. The van der Waals surface area contributed by atoms with Crippen molar-refractivity contribution in [2.24, 2.45) is 10.8 Å². The van der Waals surface area contributed by atoms with Crippen molar-refractivity contribution < 1.29 is 19.1 Å². The summed E-state index contributed by atoms with van der Waals surface area (Å²) < 4.78 is 11.1. The van der Waals surface area contributed by atoms with Crippen LogP contribution in [0.25, 0.3) is 0 Å². The van der Waals surface area contributed by atoms with E-state index >= 15 is 0 Å². The maximum Gasteiger partial charge on any atom is 0.307 e.